The largest absolute Gasteiger partial charge is 0.390 e. The number of aromatic nitrogens is 2. The highest BCUT2D eigenvalue weighted by molar-refractivity contribution is 8.13. The van der Waals surface area contributed by atoms with Gasteiger partial charge in [-0.25, -0.2) is 4.79 Å². The third-order valence-corrected chi connectivity index (χ3v) is 4.03. The zero-order valence-electron chi connectivity index (χ0n) is 11.8. The topological polar surface area (TPSA) is 123 Å². The standard InChI is InChI=1S/C14H16N2O5S/c1-7(17)22-5-4-11(18)12(19)8-2-3-10-9(6-8)13(20)16-14(21)15-10/h2-3,6,11-12,18-19H,4-5H2,1H3,(H2,15,16,20,21). The Morgan fingerprint density at radius 1 is 1.27 bits per heavy atom. The molecule has 0 spiro atoms. The fraction of sp³-hybridized carbons (Fsp3) is 0.357. The van der Waals surface area contributed by atoms with Crippen LogP contribution in [0.2, 0.25) is 0 Å². The number of H-pyrrole nitrogens is 2. The Bertz CT molecular complexity index is 798. The van der Waals surface area contributed by atoms with Crippen LogP contribution in [0, 0.1) is 0 Å². The van der Waals surface area contributed by atoms with Crippen molar-refractivity contribution in [2.45, 2.75) is 25.6 Å². The summed E-state index contributed by atoms with van der Waals surface area (Å²) in [6, 6.07) is 4.46. The van der Waals surface area contributed by atoms with Crippen LogP contribution in [0.15, 0.2) is 27.8 Å². The molecule has 1 heterocycles. The molecule has 0 radical (unpaired) electrons. The number of rotatable bonds is 5. The van der Waals surface area contributed by atoms with Gasteiger partial charge in [0, 0.05) is 12.7 Å². The van der Waals surface area contributed by atoms with Crippen molar-refractivity contribution in [2.24, 2.45) is 0 Å². The summed E-state index contributed by atoms with van der Waals surface area (Å²) < 4.78 is 0. The van der Waals surface area contributed by atoms with Crippen LogP contribution in [0.25, 0.3) is 10.9 Å². The van der Waals surface area contributed by atoms with Crippen LogP contribution >= 0.6 is 11.8 Å². The molecule has 0 aliphatic carbocycles. The molecule has 0 bridgehead atoms. The maximum Gasteiger partial charge on any atom is 0.326 e. The van der Waals surface area contributed by atoms with Gasteiger partial charge < -0.3 is 15.2 Å². The molecule has 0 fully saturated rings. The second-order valence-electron chi connectivity index (χ2n) is 4.85. The van der Waals surface area contributed by atoms with E-state index in [2.05, 4.69) is 9.97 Å². The van der Waals surface area contributed by atoms with Gasteiger partial charge in [-0.1, -0.05) is 17.8 Å². The summed E-state index contributed by atoms with van der Waals surface area (Å²) in [6.07, 6.45) is -1.99. The fourth-order valence-electron chi connectivity index (χ4n) is 2.07. The molecule has 2 unspecified atom stereocenters. The van der Waals surface area contributed by atoms with Gasteiger partial charge in [0.05, 0.1) is 17.0 Å². The van der Waals surface area contributed by atoms with Crippen molar-refractivity contribution in [1.82, 2.24) is 9.97 Å². The van der Waals surface area contributed by atoms with Gasteiger partial charge in [0.25, 0.3) is 5.56 Å². The normalized spacial score (nSPS) is 14.0. The summed E-state index contributed by atoms with van der Waals surface area (Å²) in [6.45, 7) is 1.43. The van der Waals surface area contributed by atoms with Crippen molar-refractivity contribution in [3.05, 3.63) is 44.6 Å². The first kappa shape index (κ1) is 16.5. The molecule has 2 aromatic rings. The minimum atomic E-state index is -1.18. The molecule has 2 atom stereocenters. The van der Waals surface area contributed by atoms with E-state index in [1.54, 1.807) is 0 Å². The van der Waals surface area contributed by atoms with Gasteiger partial charge in [-0.15, -0.1) is 0 Å². The minimum Gasteiger partial charge on any atom is -0.390 e. The first-order chi connectivity index (χ1) is 10.4. The van der Waals surface area contributed by atoms with Crippen molar-refractivity contribution in [3.63, 3.8) is 0 Å². The van der Waals surface area contributed by atoms with E-state index in [0.717, 1.165) is 11.8 Å². The molecule has 7 nitrogen and oxygen atoms in total. The molecule has 8 heteroatoms. The molecule has 1 aromatic carbocycles. The smallest absolute Gasteiger partial charge is 0.326 e. The second-order valence-corrected chi connectivity index (χ2v) is 6.13. The van der Waals surface area contributed by atoms with Crippen molar-refractivity contribution < 1.29 is 15.0 Å². The van der Waals surface area contributed by atoms with Gasteiger partial charge in [0.15, 0.2) is 5.12 Å². The number of aliphatic hydroxyl groups is 2. The minimum absolute atomic E-state index is 0.0529. The lowest BCUT2D eigenvalue weighted by atomic mass is 10.0. The Morgan fingerprint density at radius 3 is 2.68 bits per heavy atom. The average Bonchev–Trinajstić information content (AvgIpc) is 2.45. The van der Waals surface area contributed by atoms with Crippen LogP contribution in [0.1, 0.15) is 25.0 Å². The van der Waals surface area contributed by atoms with Crippen LogP contribution in [-0.4, -0.2) is 37.2 Å². The molecule has 0 aliphatic rings. The van der Waals surface area contributed by atoms with E-state index in [1.165, 1.54) is 25.1 Å². The Hall–Kier alpha value is -1.90. The Kier molecular flexibility index (Phi) is 5.17. The Labute approximate surface area is 129 Å². The number of aliphatic hydroxyl groups excluding tert-OH is 2. The molecule has 0 saturated heterocycles. The molecule has 2 rings (SSSR count). The lowest BCUT2D eigenvalue weighted by molar-refractivity contribution is -0.109. The van der Waals surface area contributed by atoms with Crippen LogP contribution < -0.4 is 11.2 Å². The average molecular weight is 324 g/mol. The van der Waals surface area contributed by atoms with Crippen LogP contribution in [-0.2, 0) is 4.79 Å². The van der Waals surface area contributed by atoms with E-state index in [-0.39, 0.29) is 16.9 Å². The summed E-state index contributed by atoms with van der Waals surface area (Å²) in [5.74, 6) is 0.398. The number of hydrogen-bond acceptors (Lipinski definition) is 6. The molecule has 22 heavy (non-hydrogen) atoms. The fourth-order valence-corrected chi connectivity index (χ4v) is 2.72. The first-order valence-corrected chi connectivity index (χ1v) is 7.63. The van der Waals surface area contributed by atoms with Crippen LogP contribution in [0.3, 0.4) is 0 Å². The number of fused-ring (bicyclic) bond motifs is 1. The van der Waals surface area contributed by atoms with Crippen molar-refractivity contribution in [3.8, 4) is 0 Å². The van der Waals surface area contributed by atoms with Gasteiger partial charge >= 0.3 is 5.69 Å². The van der Waals surface area contributed by atoms with Gasteiger partial charge in [0.1, 0.15) is 6.10 Å². The van der Waals surface area contributed by atoms with Gasteiger partial charge in [-0.05, 0) is 24.1 Å². The third kappa shape index (κ3) is 3.85. The highest BCUT2D eigenvalue weighted by Gasteiger charge is 2.19. The molecular weight excluding hydrogens is 308 g/mol. The number of carbonyl (C=O) groups excluding carboxylic acids is 1. The molecule has 0 saturated carbocycles. The zero-order valence-corrected chi connectivity index (χ0v) is 12.6. The van der Waals surface area contributed by atoms with Crippen molar-refractivity contribution in [1.29, 1.82) is 0 Å². The molecule has 0 amide bonds. The number of nitrogens with one attached hydrogen (secondary N) is 2. The first-order valence-electron chi connectivity index (χ1n) is 6.64. The highest BCUT2D eigenvalue weighted by Crippen LogP contribution is 2.22. The molecular formula is C14H16N2O5S. The van der Waals surface area contributed by atoms with E-state index in [0.29, 0.717) is 16.8 Å². The van der Waals surface area contributed by atoms with E-state index >= 15 is 0 Å². The lowest BCUT2D eigenvalue weighted by Gasteiger charge is -2.18. The number of carbonyl (C=O) groups is 1. The van der Waals surface area contributed by atoms with E-state index in [4.69, 9.17) is 0 Å². The molecule has 4 N–H and O–H groups in total. The quantitative estimate of drug-likeness (QED) is 0.626. The summed E-state index contributed by atoms with van der Waals surface area (Å²) in [5, 5.41) is 20.3. The highest BCUT2D eigenvalue weighted by atomic mass is 32.2. The number of hydrogen-bond donors (Lipinski definition) is 4. The zero-order chi connectivity index (χ0) is 16.3. The van der Waals surface area contributed by atoms with E-state index in [1.807, 2.05) is 0 Å². The Balaban J connectivity index is 2.21. The maximum atomic E-state index is 11.7. The summed E-state index contributed by atoms with van der Waals surface area (Å²) in [4.78, 5) is 38.3. The van der Waals surface area contributed by atoms with E-state index < -0.39 is 23.5 Å². The SMILES string of the molecule is CC(=O)SCCC(O)C(O)c1ccc2[nH]c(=O)[nH]c(=O)c2c1. The lowest BCUT2D eigenvalue weighted by Crippen LogP contribution is -2.23. The van der Waals surface area contributed by atoms with Crippen LogP contribution in [0.4, 0.5) is 0 Å². The monoisotopic (exact) mass is 324 g/mol. The van der Waals surface area contributed by atoms with E-state index in [9.17, 15) is 24.6 Å². The number of benzene rings is 1. The van der Waals surface area contributed by atoms with Gasteiger partial charge in [0.2, 0.25) is 0 Å². The predicted octanol–water partition coefficient (Wildman–Crippen LogP) is 0.280. The molecule has 118 valence electrons. The summed E-state index contributed by atoms with van der Waals surface area (Å²) in [7, 11) is 0. The van der Waals surface area contributed by atoms with Crippen molar-refractivity contribution >= 4 is 27.8 Å². The third-order valence-electron chi connectivity index (χ3n) is 3.19. The summed E-state index contributed by atoms with van der Waals surface area (Å²) >= 11 is 1.07. The Morgan fingerprint density at radius 2 is 2.00 bits per heavy atom. The van der Waals surface area contributed by atoms with Crippen LogP contribution in [0.5, 0.6) is 0 Å². The van der Waals surface area contributed by atoms with Gasteiger partial charge in [-0.3, -0.25) is 14.6 Å². The predicted molar refractivity (Wildman–Crippen MR) is 83.9 cm³/mol. The second kappa shape index (κ2) is 6.91. The van der Waals surface area contributed by atoms with Gasteiger partial charge in [-0.2, -0.15) is 0 Å². The summed E-state index contributed by atoms with van der Waals surface area (Å²) in [5.41, 5.74) is -0.446. The van der Waals surface area contributed by atoms with Crippen molar-refractivity contribution in [2.75, 3.05) is 5.75 Å². The number of thioether (sulfide) groups is 1. The molecule has 0 aliphatic heterocycles. The molecule has 1 aromatic heterocycles. The maximum absolute atomic E-state index is 11.7. The number of aromatic amines is 2.